The molecular formula is C36H37N7O2. The number of piperazine rings is 1. The molecule has 1 saturated heterocycles. The Hall–Kier alpha value is -5.12. The number of carbonyl (C=O) groups excluding carboxylic acids is 1. The highest BCUT2D eigenvalue weighted by atomic mass is 16.5. The number of rotatable bonds is 11. The Labute approximate surface area is 263 Å². The topological polar surface area (TPSA) is 95.5 Å². The fourth-order valence-corrected chi connectivity index (χ4v) is 5.29. The van der Waals surface area contributed by atoms with Crippen LogP contribution in [0.15, 0.2) is 110 Å². The lowest BCUT2D eigenvalue weighted by Gasteiger charge is -2.34. The summed E-state index contributed by atoms with van der Waals surface area (Å²) in [5, 5.41) is 6.19. The lowest BCUT2D eigenvalue weighted by molar-refractivity contribution is -0.118. The van der Waals surface area contributed by atoms with E-state index in [1.54, 1.807) is 18.6 Å². The van der Waals surface area contributed by atoms with Crippen molar-refractivity contribution in [3.63, 3.8) is 0 Å². The van der Waals surface area contributed by atoms with Crippen LogP contribution in [0.3, 0.4) is 0 Å². The number of amides is 1. The number of pyridine rings is 1. The first-order valence-corrected chi connectivity index (χ1v) is 15.2. The average Bonchev–Trinajstić information content (AvgIpc) is 3.08. The molecule has 0 bridgehead atoms. The first-order chi connectivity index (χ1) is 22.1. The van der Waals surface area contributed by atoms with Gasteiger partial charge in [-0.2, -0.15) is 0 Å². The summed E-state index contributed by atoms with van der Waals surface area (Å²) in [5.74, 6) is 0.885. The van der Waals surface area contributed by atoms with Gasteiger partial charge in [0.25, 0.3) is 5.91 Å². The summed E-state index contributed by atoms with van der Waals surface area (Å²) in [6.45, 7) is 8.04. The van der Waals surface area contributed by atoms with Gasteiger partial charge in [-0.3, -0.25) is 19.6 Å². The Morgan fingerprint density at radius 3 is 2.27 bits per heavy atom. The van der Waals surface area contributed by atoms with Crippen LogP contribution in [-0.2, 0) is 17.9 Å². The normalized spacial score (nSPS) is 13.7. The van der Waals surface area contributed by atoms with Gasteiger partial charge in [-0.05, 0) is 66.1 Å². The van der Waals surface area contributed by atoms with Crippen molar-refractivity contribution in [1.82, 2.24) is 24.8 Å². The second-order valence-electron chi connectivity index (χ2n) is 11.2. The van der Waals surface area contributed by atoms with Crippen molar-refractivity contribution in [3.05, 3.63) is 126 Å². The monoisotopic (exact) mass is 599 g/mol. The Morgan fingerprint density at radius 1 is 0.822 bits per heavy atom. The molecule has 228 valence electrons. The molecule has 0 unspecified atom stereocenters. The molecule has 1 aliphatic heterocycles. The minimum atomic E-state index is -0.239. The van der Waals surface area contributed by atoms with Crippen molar-refractivity contribution < 1.29 is 9.53 Å². The van der Waals surface area contributed by atoms with E-state index in [0.717, 1.165) is 61.8 Å². The zero-order valence-electron chi connectivity index (χ0n) is 25.4. The maximum absolute atomic E-state index is 12.7. The number of aromatic nitrogens is 3. The van der Waals surface area contributed by atoms with Crippen LogP contribution in [0.4, 0.5) is 17.3 Å². The number of hydrogen-bond donors (Lipinski definition) is 2. The molecule has 0 saturated carbocycles. The van der Waals surface area contributed by atoms with Gasteiger partial charge in [0.15, 0.2) is 6.61 Å². The van der Waals surface area contributed by atoms with Crippen LogP contribution in [0.1, 0.15) is 16.7 Å². The Kier molecular flexibility index (Phi) is 9.69. The third-order valence-corrected chi connectivity index (χ3v) is 7.79. The molecule has 9 nitrogen and oxygen atoms in total. The lowest BCUT2D eigenvalue weighted by Crippen LogP contribution is -2.45. The van der Waals surface area contributed by atoms with Crippen LogP contribution in [-0.4, -0.2) is 63.4 Å². The largest absolute Gasteiger partial charge is 0.484 e. The highest BCUT2D eigenvalue weighted by Crippen LogP contribution is 2.24. The molecule has 45 heavy (non-hydrogen) atoms. The van der Waals surface area contributed by atoms with Crippen LogP contribution in [0, 0.1) is 6.92 Å². The molecule has 0 atom stereocenters. The van der Waals surface area contributed by atoms with Gasteiger partial charge in [0.1, 0.15) is 5.75 Å². The van der Waals surface area contributed by atoms with Gasteiger partial charge < -0.3 is 15.4 Å². The van der Waals surface area contributed by atoms with Crippen molar-refractivity contribution in [1.29, 1.82) is 0 Å². The summed E-state index contributed by atoms with van der Waals surface area (Å²) in [7, 11) is 0. The summed E-state index contributed by atoms with van der Waals surface area (Å²) in [5.41, 5.74) is 6.72. The van der Waals surface area contributed by atoms with Crippen LogP contribution in [0.25, 0.3) is 11.3 Å². The summed E-state index contributed by atoms with van der Waals surface area (Å²) in [6.07, 6.45) is 5.20. The first kappa shape index (κ1) is 29.9. The van der Waals surface area contributed by atoms with Crippen LogP contribution >= 0.6 is 0 Å². The smallest absolute Gasteiger partial charge is 0.262 e. The molecule has 0 spiro atoms. The molecule has 2 N–H and O–H groups in total. The molecule has 9 heteroatoms. The minimum Gasteiger partial charge on any atom is -0.484 e. The molecule has 3 aromatic carbocycles. The van der Waals surface area contributed by atoms with E-state index in [1.165, 1.54) is 11.1 Å². The van der Waals surface area contributed by atoms with Crippen LogP contribution in [0.5, 0.6) is 5.75 Å². The van der Waals surface area contributed by atoms with Crippen molar-refractivity contribution in [2.24, 2.45) is 0 Å². The first-order valence-electron chi connectivity index (χ1n) is 15.2. The predicted molar refractivity (Wildman–Crippen MR) is 177 cm³/mol. The number of ether oxygens (including phenoxy) is 1. The summed E-state index contributed by atoms with van der Waals surface area (Å²) >= 11 is 0. The summed E-state index contributed by atoms with van der Waals surface area (Å²) in [4.78, 5) is 30.8. The quantitative estimate of drug-likeness (QED) is 0.193. The van der Waals surface area contributed by atoms with Crippen LogP contribution < -0.4 is 15.4 Å². The molecule has 2 aromatic heterocycles. The van der Waals surface area contributed by atoms with Crippen molar-refractivity contribution in [2.45, 2.75) is 20.0 Å². The van der Waals surface area contributed by atoms with Crippen LogP contribution in [0.2, 0.25) is 0 Å². The number of nitrogens with zero attached hydrogens (tertiary/aromatic N) is 5. The predicted octanol–water partition coefficient (Wildman–Crippen LogP) is 5.93. The summed E-state index contributed by atoms with van der Waals surface area (Å²) < 4.78 is 5.79. The number of carbonyl (C=O) groups is 1. The second-order valence-corrected chi connectivity index (χ2v) is 11.2. The molecular weight excluding hydrogens is 562 g/mol. The van der Waals surface area contributed by atoms with E-state index < -0.39 is 0 Å². The lowest BCUT2D eigenvalue weighted by atomic mass is 10.1. The van der Waals surface area contributed by atoms with E-state index in [9.17, 15) is 4.79 Å². The van der Waals surface area contributed by atoms with Gasteiger partial charge in [0.05, 0.1) is 5.69 Å². The molecule has 5 aromatic rings. The Morgan fingerprint density at radius 2 is 1.56 bits per heavy atom. The molecule has 6 rings (SSSR count). The average molecular weight is 600 g/mol. The maximum Gasteiger partial charge on any atom is 0.262 e. The van der Waals surface area contributed by atoms with Gasteiger partial charge in [-0.15, -0.1) is 0 Å². The maximum atomic E-state index is 12.7. The molecule has 0 aliphatic carbocycles. The van der Waals surface area contributed by atoms with E-state index in [0.29, 0.717) is 17.4 Å². The molecule has 3 heterocycles. The standard InChI is InChI=1S/C36H37N7O2/c1-27-9-12-31(22-34(27)41-36-38-17-15-33(40-36)30-8-5-16-37-23-30)39-35(44)26-45-32-13-10-29(11-14-32)25-43-20-18-42(19-21-43)24-28-6-3-2-4-7-28/h2-17,22-23H,18-21,24-26H2,1H3,(H,39,44)(H,38,40,41). The zero-order valence-corrected chi connectivity index (χ0v) is 25.4. The number of aryl methyl sites for hydroxylation is 1. The molecule has 1 fully saturated rings. The van der Waals surface area contributed by atoms with Crippen molar-refractivity contribution in [2.75, 3.05) is 43.4 Å². The Bertz CT molecular complexity index is 1690. The summed E-state index contributed by atoms with van der Waals surface area (Å²) in [6, 6.07) is 30.0. The SMILES string of the molecule is Cc1ccc(NC(=O)COc2ccc(CN3CCN(Cc4ccccc4)CC3)cc2)cc1Nc1nccc(-c2cccnc2)n1. The fourth-order valence-electron chi connectivity index (χ4n) is 5.29. The molecule has 1 aliphatic rings. The van der Waals surface area contributed by atoms with Gasteiger partial charge in [-0.25, -0.2) is 9.97 Å². The highest BCUT2D eigenvalue weighted by Gasteiger charge is 2.17. The number of benzene rings is 3. The number of anilines is 3. The third kappa shape index (κ3) is 8.50. The van der Waals surface area contributed by atoms with Gasteiger partial charge in [-0.1, -0.05) is 48.5 Å². The number of nitrogens with one attached hydrogen (secondary N) is 2. The van der Waals surface area contributed by atoms with E-state index in [2.05, 4.69) is 77.8 Å². The zero-order chi connectivity index (χ0) is 30.8. The number of hydrogen-bond acceptors (Lipinski definition) is 8. The third-order valence-electron chi connectivity index (χ3n) is 7.79. The van der Waals surface area contributed by atoms with E-state index in [-0.39, 0.29) is 12.5 Å². The van der Waals surface area contributed by atoms with Crippen molar-refractivity contribution in [3.8, 4) is 17.0 Å². The van der Waals surface area contributed by atoms with Gasteiger partial charge >= 0.3 is 0 Å². The van der Waals surface area contributed by atoms with E-state index in [1.807, 2.05) is 55.5 Å². The fraction of sp³-hybridized carbons (Fsp3) is 0.222. The van der Waals surface area contributed by atoms with E-state index in [4.69, 9.17) is 4.74 Å². The van der Waals surface area contributed by atoms with Gasteiger partial charge in [0, 0.05) is 74.8 Å². The Balaban J connectivity index is 0.962. The van der Waals surface area contributed by atoms with Gasteiger partial charge in [0.2, 0.25) is 5.95 Å². The van der Waals surface area contributed by atoms with Crippen molar-refractivity contribution >= 4 is 23.2 Å². The van der Waals surface area contributed by atoms with E-state index >= 15 is 0 Å². The minimum absolute atomic E-state index is 0.0877. The second kappa shape index (κ2) is 14.6. The highest BCUT2D eigenvalue weighted by molar-refractivity contribution is 5.92. The molecule has 1 amide bonds. The molecule has 0 radical (unpaired) electrons.